The second kappa shape index (κ2) is 8.16. The summed E-state index contributed by atoms with van der Waals surface area (Å²) in [5, 5.41) is 0.745. The Labute approximate surface area is 162 Å². The van der Waals surface area contributed by atoms with Gasteiger partial charge in [-0.05, 0) is 24.3 Å². The van der Waals surface area contributed by atoms with Gasteiger partial charge in [0.25, 0.3) is 11.7 Å². The van der Waals surface area contributed by atoms with Crippen LogP contribution in [0.5, 0.6) is 0 Å². The molecule has 1 saturated heterocycles. The van der Waals surface area contributed by atoms with Crippen molar-refractivity contribution >= 4 is 52.6 Å². The summed E-state index contributed by atoms with van der Waals surface area (Å²) in [4.78, 5) is 14.9. The third-order valence-electron chi connectivity index (χ3n) is 3.71. The highest BCUT2D eigenvalue weighted by atomic mass is 35.5. The van der Waals surface area contributed by atoms with Gasteiger partial charge in [-0.25, -0.2) is 0 Å². The van der Waals surface area contributed by atoms with E-state index in [1.54, 1.807) is 53.1 Å². The van der Waals surface area contributed by atoms with E-state index in [2.05, 4.69) is 0 Å². The normalized spacial score (nSPS) is 17.3. The fourth-order valence-electron chi connectivity index (χ4n) is 2.63. The van der Waals surface area contributed by atoms with E-state index < -0.39 is 5.76 Å². The number of alkyl halides is 2. The number of hydrogen-bond acceptors (Lipinski definition) is 3. The minimum Gasteiger partial charge on any atom is -0.322 e. The number of carbonyl (C=O) groups excluding carboxylic acids is 1. The maximum absolute atomic E-state index is 13.0. The molecule has 3 rings (SSSR count). The summed E-state index contributed by atoms with van der Waals surface area (Å²) in [6.45, 7) is 0.529. The van der Waals surface area contributed by atoms with Gasteiger partial charge in [0.05, 0.1) is 5.56 Å². The smallest absolute Gasteiger partial charge is 0.288 e. The number of carbonyl (C=O) groups is 1. The molecule has 2 aromatic carbocycles. The van der Waals surface area contributed by atoms with Gasteiger partial charge in [0, 0.05) is 32.8 Å². The molecule has 0 spiro atoms. The van der Waals surface area contributed by atoms with Crippen LogP contribution in [0, 0.1) is 0 Å². The maximum atomic E-state index is 13.0. The predicted molar refractivity (Wildman–Crippen MR) is 101 cm³/mol. The van der Waals surface area contributed by atoms with Crippen LogP contribution in [-0.2, 0) is 0 Å². The van der Waals surface area contributed by atoms with Crippen LogP contribution in [0.1, 0.15) is 21.3 Å². The third-order valence-corrected chi connectivity index (χ3v) is 6.31. The van der Waals surface area contributed by atoms with E-state index in [9.17, 15) is 13.6 Å². The van der Waals surface area contributed by atoms with E-state index in [1.165, 1.54) is 6.07 Å². The summed E-state index contributed by atoms with van der Waals surface area (Å²) in [5.41, 5.74) is 1.08. The van der Waals surface area contributed by atoms with Crippen LogP contribution in [0.3, 0.4) is 0 Å². The van der Waals surface area contributed by atoms with Crippen LogP contribution >= 0.6 is 46.7 Å². The minimum atomic E-state index is -2.58. The molecule has 1 aliphatic rings. The van der Waals surface area contributed by atoms with Gasteiger partial charge < -0.3 is 4.90 Å². The monoisotopic (exact) mass is 419 g/mol. The largest absolute Gasteiger partial charge is 0.322 e. The number of halogens is 4. The molecule has 132 valence electrons. The molecule has 0 bridgehead atoms. The molecule has 0 aliphatic carbocycles. The van der Waals surface area contributed by atoms with E-state index in [1.807, 2.05) is 0 Å². The second-order valence-corrected chi connectivity index (χ2v) is 8.33. The summed E-state index contributed by atoms with van der Waals surface area (Å²) in [5.74, 6) is -2.10. The average Bonchev–Trinajstić information content (AvgIpc) is 3.03. The fraction of sp³-hybridized carbons (Fsp3) is 0.235. The van der Waals surface area contributed by atoms with Gasteiger partial charge in [-0.1, -0.05) is 53.2 Å². The van der Waals surface area contributed by atoms with Crippen molar-refractivity contribution in [2.45, 2.75) is 16.0 Å². The van der Waals surface area contributed by atoms with E-state index in [4.69, 9.17) is 23.2 Å². The summed E-state index contributed by atoms with van der Waals surface area (Å²) < 4.78 is 25.6. The van der Waals surface area contributed by atoms with Gasteiger partial charge in [-0.15, -0.1) is 11.8 Å². The van der Waals surface area contributed by atoms with Gasteiger partial charge in [0.1, 0.15) is 5.37 Å². The molecule has 0 aromatic heterocycles. The zero-order chi connectivity index (χ0) is 18.0. The molecule has 2 nitrogen and oxygen atoms in total. The van der Waals surface area contributed by atoms with Crippen LogP contribution in [-0.4, -0.2) is 28.9 Å². The Kier molecular flexibility index (Phi) is 6.15. The Balaban J connectivity index is 1.91. The maximum Gasteiger partial charge on any atom is 0.288 e. The number of thioether (sulfide) groups is 2. The average molecular weight is 420 g/mol. The van der Waals surface area contributed by atoms with Crippen molar-refractivity contribution in [2.24, 2.45) is 0 Å². The van der Waals surface area contributed by atoms with Crippen molar-refractivity contribution in [2.75, 3.05) is 12.3 Å². The first-order valence-corrected chi connectivity index (χ1v) is 10.1. The van der Waals surface area contributed by atoms with Crippen LogP contribution in [0.4, 0.5) is 8.78 Å². The molecule has 25 heavy (non-hydrogen) atoms. The van der Waals surface area contributed by atoms with Crippen LogP contribution < -0.4 is 0 Å². The Morgan fingerprint density at radius 3 is 2.72 bits per heavy atom. The van der Waals surface area contributed by atoms with Crippen molar-refractivity contribution in [3.63, 3.8) is 0 Å². The lowest BCUT2D eigenvalue weighted by Gasteiger charge is -2.25. The fourth-order valence-corrected chi connectivity index (χ4v) is 5.13. The zero-order valence-corrected chi connectivity index (χ0v) is 15.9. The molecule has 1 unspecified atom stereocenters. The topological polar surface area (TPSA) is 20.3 Å². The Bertz CT molecular complexity index is 791. The molecule has 0 N–H and O–H groups in total. The number of hydrogen-bond donors (Lipinski definition) is 0. The van der Waals surface area contributed by atoms with E-state index >= 15 is 0 Å². The summed E-state index contributed by atoms with van der Waals surface area (Å²) >= 11 is 14.2. The molecule has 8 heteroatoms. The highest BCUT2D eigenvalue weighted by Gasteiger charge is 2.33. The first-order valence-electron chi connectivity index (χ1n) is 7.38. The van der Waals surface area contributed by atoms with E-state index in [-0.39, 0.29) is 21.7 Å². The summed E-state index contributed by atoms with van der Waals surface area (Å²) in [6.07, 6.45) is 0. The summed E-state index contributed by atoms with van der Waals surface area (Å²) in [6, 6.07) is 11.6. The van der Waals surface area contributed by atoms with Gasteiger partial charge in [0.2, 0.25) is 0 Å². The Morgan fingerprint density at radius 2 is 2.00 bits per heavy atom. The number of nitrogens with zero attached hydrogens (tertiary/aromatic N) is 1. The number of rotatable bonds is 4. The third kappa shape index (κ3) is 4.25. The van der Waals surface area contributed by atoms with Crippen molar-refractivity contribution in [1.29, 1.82) is 0 Å². The highest BCUT2D eigenvalue weighted by Crippen LogP contribution is 2.43. The molecular weight excluding hydrogens is 407 g/mol. The summed E-state index contributed by atoms with van der Waals surface area (Å²) in [7, 11) is 0. The van der Waals surface area contributed by atoms with Crippen molar-refractivity contribution < 1.29 is 13.6 Å². The Morgan fingerprint density at radius 1 is 1.24 bits per heavy atom. The molecule has 1 fully saturated rings. The van der Waals surface area contributed by atoms with E-state index in [0.717, 1.165) is 11.3 Å². The zero-order valence-electron chi connectivity index (χ0n) is 12.8. The molecule has 2 aromatic rings. The predicted octanol–water partition coefficient (Wildman–Crippen LogP) is 6.20. The minimum absolute atomic E-state index is 0.262. The van der Waals surface area contributed by atoms with Crippen molar-refractivity contribution in [1.82, 2.24) is 4.90 Å². The molecule has 0 radical (unpaired) electrons. The van der Waals surface area contributed by atoms with Crippen molar-refractivity contribution in [3.05, 3.63) is 63.6 Å². The first kappa shape index (κ1) is 18.8. The molecular formula is C17H13Cl2F2NOS2. The van der Waals surface area contributed by atoms with Gasteiger partial charge in [-0.3, -0.25) is 4.79 Å². The van der Waals surface area contributed by atoms with Crippen LogP contribution in [0.25, 0.3) is 0 Å². The molecule has 1 amide bonds. The lowest BCUT2D eigenvalue weighted by Crippen LogP contribution is -2.31. The van der Waals surface area contributed by atoms with Gasteiger partial charge in [0.15, 0.2) is 0 Å². The van der Waals surface area contributed by atoms with Gasteiger partial charge in [-0.2, -0.15) is 8.78 Å². The van der Waals surface area contributed by atoms with Crippen LogP contribution in [0.15, 0.2) is 47.4 Å². The quantitative estimate of drug-likeness (QED) is 0.550. The second-order valence-electron chi connectivity index (χ2n) is 5.26. The van der Waals surface area contributed by atoms with Gasteiger partial charge >= 0.3 is 0 Å². The molecule has 1 heterocycles. The lowest BCUT2D eigenvalue weighted by molar-refractivity contribution is 0.0757. The Hall–Kier alpha value is -0.950. The van der Waals surface area contributed by atoms with E-state index in [0.29, 0.717) is 28.4 Å². The molecule has 0 saturated carbocycles. The molecule has 1 aliphatic heterocycles. The number of benzene rings is 2. The SMILES string of the molecule is O=C(c1ccccc1SC(F)F)N1CCSC1c1ccc(Cl)cc1Cl. The molecule has 1 atom stereocenters. The number of amides is 1. The highest BCUT2D eigenvalue weighted by molar-refractivity contribution is 8.00. The first-order chi connectivity index (χ1) is 12.0. The standard InChI is InChI=1S/C17H13Cl2F2NOS2/c18-10-5-6-11(13(19)9-10)16-22(7-8-24-16)15(23)12-3-1-2-4-14(12)25-17(20)21/h1-6,9,16-17H,7-8H2. The lowest BCUT2D eigenvalue weighted by atomic mass is 10.1. The van der Waals surface area contributed by atoms with Crippen molar-refractivity contribution in [3.8, 4) is 0 Å². The van der Waals surface area contributed by atoms with Crippen LogP contribution in [0.2, 0.25) is 10.0 Å².